The number of carbonyl (C=O) groups excluding carboxylic acids is 2. The van der Waals surface area contributed by atoms with Gasteiger partial charge in [0.15, 0.2) is 5.82 Å². The third-order valence-electron chi connectivity index (χ3n) is 9.54. The maximum Gasteiger partial charge on any atom is 0.323 e. The van der Waals surface area contributed by atoms with Gasteiger partial charge in [-0.3, -0.25) is 4.79 Å². The molecule has 0 aliphatic carbocycles. The number of nitrogens with zero attached hydrogens (tertiary/aromatic N) is 7. The number of benzene rings is 2. The normalized spacial score (nSPS) is 19.5. The fourth-order valence-corrected chi connectivity index (χ4v) is 6.47. The van der Waals surface area contributed by atoms with Crippen molar-refractivity contribution in [1.29, 1.82) is 0 Å². The molecule has 250 valence electrons. The van der Waals surface area contributed by atoms with Crippen LogP contribution < -0.4 is 20.4 Å². The van der Waals surface area contributed by atoms with Gasteiger partial charge in [0.2, 0.25) is 11.9 Å². The van der Waals surface area contributed by atoms with Crippen molar-refractivity contribution in [2.24, 2.45) is 5.92 Å². The summed E-state index contributed by atoms with van der Waals surface area (Å²) in [4.78, 5) is 49.1. The number of anilines is 4. The quantitative estimate of drug-likeness (QED) is 0.357. The highest BCUT2D eigenvalue weighted by Gasteiger charge is 2.26. The molecular formula is C35H47N9O3. The third kappa shape index (κ3) is 8.17. The van der Waals surface area contributed by atoms with Gasteiger partial charge < -0.3 is 35.0 Å². The minimum Gasteiger partial charge on any atom is -0.378 e. The first-order chi connectivity index (χ1) is 22.9. The molecule has 4 heterocycles. The molecule has 6 rings (SSSR count). The number of hydrogen-bond acceptors (Lipinski definition) is 9. The minimum absolute atomic E-state index is 0.0523. The average Bonchev–Trinajstić information content (AvgIpc) is 3.10. The lowest BCUT2D eigenvalue weighted by atomic mass is 9.92. The number of aromatic nitrogens is 3. The van der Waals surface area contributed by atoms with Crippen molar-refractivity contribution in [2.75, 3.05) is 86.5 Å². The second kappa shape index (κ2) is 15.1. The Bertz CT molecular complexity index is 1500. The number of piperidine rings is 1. The van der Waals surface area contributed by atoms with E-state index in [0.29, 0.717) is 53.9 Å². The van der Waals surface area contributed by atoms with Crippen LogP contribution in [0.3, 0.4) is 0 Å². The Morgan fingerprint density at radius 1 is 0.809 bits per heavy atom. The highest BCUT2D eigenvalue weighted by atomic mass is 16.5. The number of hydrogen-bond donors (Lipinski definition) is 2. The van der Waals surface area contributed by atoms with Crippen LogP contribution in [-0.2, 0) is 4.74 Å². The molecule has 1 unspecified atom stereocenters. The number of amides is 3. The first kappa shape index (κ1) is 32.6. The van der Waals surface area contributed by atoms with Crippen LogP contribution in [0.2, 0.25) is 0 Å². The molecule has 1 atom stereocenters. The number of rotatable bonds is 8. The van der Waals surface area contributed by atoms with Crippen molar-refractivity contribution in [3.63, 3.8) is 0 Å². The molecule has 0 radical (unpaired) electrons. The van der Waals surface area contributed by atoms with E-state index in [0.717, 1.165) is 70.1 Å². The van der Waals surface area contributed by atoms with Crippen LogP contribution >= 0.6 is 0 Å². The molecule has 12 nitrogen and oxygen atoms in total. The Balaban J connectivity index is 1.08. The zero-order chi connectivity index (χ0) is 32.8. The predicted octanol–water partition coefficient (Wildman–Crippen LogP) is 4.81. The molecule has 3 aliphatic rings. The minimum atomic E-state index is -0.365. The summed E-state index contributed by atoms with van der Waals surface area (Å²) < 4.78 is 5.55. The second-order valence-electron chi connectivity index (χ2n) is 12.9. The van der Waals surface area contributed by atoms with E-state index in [4.69, 9.17) is 19.7 Å². The Morgan fingerprint density at radius 3 is 2.04 bits per heavy atom. The van der Waals surface area contributed by atoms with Crippen LogP contribution in [0.5, 0.6) is 0 Å². The Labute approximate surface area is 277 Å². The number of morpholine rings is 1. The molecule has 3 saturated heterocycles. The van der Waals surface area contributed by atoms with E-state index in [1.807, 2.05) is 29.2 Å². The summed E-state index contributed by atoms with van der Waals surface area (Å²) in [5, 5.41) is 5.76. The van der Waals surface area contributed by atoms with Gasteiger partial charge in [0.25, 0.3) is 5.91 Å². The number of urea groups is 1. The lowest BCUT2D eigenvalue weighted by Crippen LogP contribution is -2.50. The maximum atomic E-state index is 13.0. The van der Waals surface area contributed by atoms with Crippen LogP contribution in [0.1, 0.15) is 49.9 Å². The third-order valence-corrected chi connectivity index (χ3v) is 9.54. The standard InChI is InChI=1S/C35H47N9O3/c1-4-5-26-14-16-42(17-15-26)32(45)28-8-12-30(13-9-28)37-35(46)36-29-10-6-27(7-11-29)31-38-33(43-20-22-47-23-21-43)40-34(39-31)44-19-18-41(3)25(2)24-44/h6-13,25-26H,4-5,14-24H2,1-3H3,(H2,36,37,46). The summed E-state index contributed by atoms with van der Waals surface area (Å²) in [6.45, 7) is 11.4. The van der Waals surface area contributed by atoms with E-state index in [9.17, 15) is 9.59 Å². The van der Waals surface area contributed by atoms with Crippen LogP contribution in [0.25, 0.3) is 11.4 Å². The van der Waals surface area contributed by atoms with Crippen molar-refractivity contribution < 1.29 is 14.3 Å². The van der Waals surface area contributed by atoms with Crippen molar-refractivity contribution >= 4 is 35.2 Å². The monoisotopic (exact) mass is 641 g/mol. The molecule has 3 amide bonds. The molecule has 47 heavy (non-hydrogen) atoms. The molecule has 3 aromatic rings. The van der Waals surface area contributed by atoms with Crippen LogP contribution in [0, 0.1) is 5.92 Å². The Morgan fingerprint density at radius 2 is 1.43 bits per heavy atom. The fourth-order valence-electron chi connectivity index (χ4n) is 6.47. The molecular weight excluding hydrogens is 594 g/mol. The summed E-state index contributed by atoms with van der Waals surface area (Å²) in [6.07, 6.45) is 4.58. The van der Waals surface area contributed by atoms with Gasteiger partial charge in [-0.15, -0.1) is 0 Å². The first-order valence-corrected chi connectivity index (χ1v) is 17.0. The summed E-state index contributed by atoms with van der Waals surface area (Å²) in [5.41, 5.74) is 2.73. The van der Waals surface area contributed by atoms with Crippen molar-refractivity contribution in [3.8, 4) is 11.4 Å². The fraction of sp³-hybridized carbons (Fsp3) is 0.514. The second-order valence-corrected chi connectivity index (χ2v) is 12.9. The molecule has 3 aliphatic heterocycles. The van der Waals surface area contributed by atoms with Gasteiger partial charge in [0, 0.05) is 74.4 Å². The maximum absolute atomic E-state index is 13.0. The summed E-state index contributed by atoms with van der Waals surface area (Å²) >= 11 is 0. The van der Waals surface area contributed by atoms with E-state index in [-0.39, 0.29) is 11.9 Å². The number of carbonyl (C=O) groups is 2. The molecule has 3 fully saturated rings. The first-order valence-electron chi connectivity index (χ1n) is 17.0. The zero-order valence-electron chi connectivity index (χ0n) is 27.8. The van der Waals surface area contributed by atoms with Crippen molar-refractivity contribution in [1.82, 2.24) is 24.8 Å². The Kier molecular flexibility index (Phi) is 10.5. The number of nitrogens with one attached hydrogen (secondary N) is 2. The van der Waals surface area contributed by atoms with Gasteiger partial charge in [-0.25, -0.2) is 4.79 Å². The topological polar surface area (TPSA) is 119 Å². The van der Waals surface area contributed by atoms with Crippen LogP contribution in [0.4, 0.5) is 28.1 Å². The molecule has 0 saturated carbocycles. The van der Waals surface area contributed by atoms with Crippen molar-refractivity contribution in [3.05, 3.63) is 54.1 Å². The highest BCUT2D eigenvalue weighted by molar-refractivity contribution is 6.00. The molecule has 2 aromatic carbocycles. The lowest BCUT2D eigenvalue weighted by molar-refractivity contribution is 0.0686. The number of piperazine rings is 1. The molecule has 2 N–H and O–H groups in total. The van der Waals surface area contributed by atoms with Gasteiger partial charge in [0.05, 0.1) is 13.2 Å². The smallest absolute Gasteiger partial charge is 0.323 e. The number of likely N-dealkylation sites (tertiary alicyclic amines) is 1. The summed E-state index contributed by atoms with van der Waals surface area (Å²) in [6, 6.07) is 14.6. The van der Waals surface area contributed by atoms with Gasteiger partial charge in [-0.2, -0.15) is 15.0 Å². The highest BCUT2D eigenvalue weighted by Crippen LogP contribution is 2.26. The predicted molar refractivity (Wildman–Crippen MR) is 185 cm³/mol. The molecule has 12 heteroatoms. The van der Waals surface area contributed by atoms with E-state index in [1.165, 1.54) is 12.8 Å². The van der Waals surface area contributed by atoms with Crippen LogP contribution in [0.15, 0.2) is 48.5 Å². The van der Waals surface area contributed by atoms with Gasteiger partial charge >= 0.3 is 6.03 Å². The van der Waals surface area contributed by atoms with E-state index < -0.39 is 0 Å². The van der Waals surface area contributed by atoms with Gasteiger partial charge in [0.1, 0.15) is 0 Å². The number of ether oxygens (including phenoxy) is 1. The van der Waals surface area contributed by atoms with Crippen LogP contribution in [-0.4, -0.2) is 109 Å². The van der Waals surface area contributed by atoms with E-state index in [2.05, 4.69) is 46.2 Å². The average molecular weight is 642 g/mol. The van der Waals surface area contributed by atoms with E-state index in [1.54, 1.807) is 24.3 Å². The van der Waals surface area contributed by atoms with Crippen molar-refractivity contribution in [2.45, 2.75) is 45.6 Å². The molecule has 0 bridgehead atoms. The SMILES string of the molecule is CCCC1CCN(C(=O)c2ccc(NC(=O)Nc3ccc(-c4nc(N5CCOCC5)nc(N5CCN(C)C(C)C5)n4)cc3)cc2)CC1. The number of likely N-dealkylation sites (N-methyl/N-ethyl adjacent to an activating group) is 1. The molecule has 1 aromatic heterocycles. The van der Waals surface area contributed by atoms with Gasteiger partial charge in [-0.1, -0.05) is 19.8 Å². The molecule has 0 spiro atoms. The van der Waals surface area contributed by atoms with E-state index >= 15 is 0 Å². The largest absolute Gasteiger partial charge is 0.378 e. The zero-order valence-corrected chi connectivity index (χ0v) is 27.8. The summed E-state index contributed by atoms with van der Waals surface area (Å²) in [7, 11) is 2.15. The Hall–Kier alpha value is -4.29. The lowest BCUT2D eigenvalue weighted by Gasteiger charge is -2.38. The summed E-state index contributed by atoms with van der Waals surface area (Å²) in [5.74, 6) is 2.72. The van der Waals surface area contributed by atoms with Gasteiger partial charge in [-0.05, 0) is 81.3 Å².